The highest BCUT2D eigenvalue weighted by Crippen LogP contribution is 2.23. The number of fused-ring (bicyclic) bond motifs is 1. The van der Waals surface area contributed by atoms with Crippen LogP contribution in [0.4, 0.5) is 5.69 Å². The number of benzene rings is 3. The number of nitrogens with one attached hydrogen (secondary N) is 2. The highest BCUT2D eigenvalue weighted by Gasteiger charge is 2.18. The van der Waals surface area contributed by atoms with E-state index >= 15 is 0 Å². The summed E-state index contributed by atoms with van der Waals surface area (Å²) in [5, 5.41) is 23.3. The standard InChI is InChI=1S/C26H27N3O5S/c30-22-10-12-24(13-11-22)34-18-23(31)17-27-16-14-19-6-8-21(9-7-19)29-35(32,33)25-5-1-3-20-4-2-15-28-26(20)25/h1-13,15,23,27,29-31H,14,16-18H2. The van der Waals surface area contributed by atoms with Crippen molar-refractivity contribution in [1.29, 1.82) is 0 Å². The Morgan fingerprint density at radius 2 is 1.69 bits per heavy atom. The summed E-state index contributed by atoms with van der Waals surface area (Å²) in [7, 11) is -3.79. The molecule has 3 aromatic carbocycles. The van der Waals surface area contributed by atoms with Gasteiger partial charge in [-0.2, -0.15) is 0 Å². The monoisotopic (exact) mass is 493 g/mol. The first-order valence-corrected chi connectivity index (χ1v) is 12.7. The van der Waals surface area contributed by atoms with Gasteiger partial charge in [0.05, 0.1) is 5.52 Å². The molecule has 0 radical (unpaired) electrons. The first-order valence-electron chi connectivity index (χ1n) is 11.2. The largest absolute Gasteiger partial charge is 0.508 e. The van der Waals surface area contributed by atoms with Crippen molar-refractivity contribution < 1.29 is 23.4 Å². The summed E-state index contributed by atoms with van der Waals surface area (Å²) >= 11 is 0. The lowest BCUT2D eigenvalue weighted by atomic mass is 10.1. The van der Waals surface area contributed by atoms with E-state index in [1.54, 1.807) is 48.7 Å². The number of aromatic nitrogens is 1. The van der Waals surface area contributed by atoms with Crippen LogP contribution >= 0.6 is 0 Å². The fourth-order valence-corrected chi connectivity index (χ4v) is 4.78. The van der Waals surface area contributed by atoms with Crippen LogP contribution in [0.5, 0.6) is 11.5 Å². The van der Waals surface area contributed by atoms with Crippen LogP contribution in [0, 0.1) is 0 Å². The summed E-state index contributed by atoms with van der Waals surface area (Å²) in [4.78, 5) is 4.36. The topological polar surface area (TPSA) is 121 Å². The quantitative estimate of drug-likeness (QED) is 0.237. The lowest BCUT2D eigenvalue weighted by Crippen LogP contribution is -2.32. The first-order chi connectivity index (χ1) is 16.9. The number of aliphatic hydroxyl groups is 1. The maximum absolute atomic E-state index is 12.9. The second-order valence-electron chi connectivity index (χ2n) is 8.05. The van der Waals surface area contributed by atoms with E-state index in [-0.39, 0.29) is 17.3 Å². The lowest BCUT2D eigenvalue weighted by Gasteiger charge is -2.13. The van der Waals surface area contributed by atoms with Gasteiger partial charge in [-0.1, -0.05) is 30.3 Å². The highest BCUT2D eigenvalue weighted by atomic mass is 32.2. The maximum Gasteiger partial charge on any atom is 0.264 e. The Balaban J connectivity index is 1.24. The van der Waals surface area contributed by atoms with Gasteiger partial charge in [-0.05, 0) is 67.1 Å². The number of ether oxygens (including phenoxy) is 1. The number of rotatable bonds is 11. The number of aliphatic hydroxyl groups excluding tert-OH is 1. The van der Waals surface area contributed by atoms with Gasteiger partial charge in [0.1, 0.15) is 29.1 Å². The Morgan fingerprint density at radius 3 is 2.46 bits per heavy atom. The van der Waals surface area contributed by atoms with E-state index in [4.69, 9.17) is 4.74 Å². The molecule has 4 aromatic rings. The number of para-hydroxylation sites is 1. The van der Waals surface area contributed by atoms with E-state index in [0.29, 0.717) is 36.5 Å². The number of phenolic OH excluding ortho intramolecular Hbond substituents is 1. The SMILES string of the molecule is O=S(=O)(Nc1ccc(CCNCC(O)COc2ccc(O)cc2)cc1)c1cccc2cccnc12. The molecule has 182 valence electrons. The zero-order chi connectivity index (χ0) is 24.7. The number of anilines is 1. The van der Waals surface area contributed by atoms with Crippen LogP contribution in [0.25, 0.3) is 10.9 Å². The lowest BCUT2D eigenvalue weighted by molar-refractivity contribution is 0.106. The molecular weight excluding hydrogens is 466 g/mol. The molecule has 9 heteroatoms. The average molecular weight is 494 g/mol. The van der Waals surface area contributed by atoms with Crippen LogP contribution in [-0.2, 0) is 16.4 Å². The molecule has 0 saturated carbocycles. The fourth-order valence-electron chi connectivity index (χ4n) is 3.54. The number of pyridine rings is 1. The number of sulfonamides is 1. The molecule has 0 bridgehead atoms. The van der Waals surface area contributed by atoms with Crippen molar-refractivity contribution >= 4 is 26.6 Å². The van der Waals surface area contributed by atoms with Crippen molar-refractivity contribution in [2.75, 3.05) is 24.4 Å². The van der Waals surface area contributed by atoms with Crippen LogP contribution in [0.1, 0.15) is 5.56 Å². The fraction of sp³-hybridized carbons (Fsp3) is 0.192. The molecular formula is C26H27N3O5S. The first kappa shape index (κ1) is 24.5. The summed E-state index contributed by atoms with van der Waals surface area (Å²) < 4.78 is 34.0. The molecule has 1 aromatic heterocycles. The zero-order valence-electron chi connectivity index (χ0n) is 19.0. The van der Waals surface area contributed by atoms with Crippen LogP contribution in [0.3, 0.4) is 0 Å². The van der Waals surface area contributed by atoms with Crippen molar-refractivity contribution in [1.82, 2.24) is 10.3 Å². The summed E-state index contributed by atoms with van der Waals surface area (Å²) in [6, 6.07) is 22.2. The van der Waals surface area contributed by atoms with Gasteiger partial charge in [0.15, 0.2) is 0 Å². The second-order valence-corrected chi connectivity index (χ2v) is 9.70. The highest BCUT2D eigenvalue weighted by molar-refractivity contribution is 7.93. The van der Waals surface area contributed by atoms with Gasteiger partial charge in [0.2, 0.25) is 0 Å². The summed E-state index contributed by atoms with van der Waals surface area (Å²) in [6.45, 7) is 1.15. The Hall–Kier alpha value is -3.66. The Morgan fingerprint density at radius 1 is 0.943 bits per heavy atom. The smallest absolute Gasteiger partial charge is 0.264 e. The van der Waals surface area contributed by atoms with Gasteiger partial charge in [-0.25, -0.2) is 8.42 Å². The van der Waals surface area contributed by atoms with Gasteiger partial charge in [0.25, 0.3) is 10.0 Å². The second kappa shape index (κ2) is 11.2. The van der Waals surface area contributed by atoms with Crippen molar-refractivity contribution in [3.8, 4) is 11.5 Å². The third-order valence-electron chi connectivity index (χ3n) is 5.34. The summed E-state index contributed by atoms with van der Waals surface area (Å²) in [6.07, 6.45) is 1.61. The van der Waals surface area contributed by atoms with Crippen LogP contribution in [0.2, 0.25) is 0 Å². The molecule has 1 atom stereocenters. The summed E-state index contributed by atoms with van der Waals surface area (Å²) in [5.41, 5.74) is 1.93. The third-order valence-corrected chi connectivity index (χ3v) is 6.75. The van der Waals surface area contributed by atoms with Gasteiger partial charge in [-0.3, -0.25) is 9.71 Å². The normalized spacial score (nSPS) is 12.4. The van der Waals surface area contributed by atoms with E-state index in [0.717, 1.165) is 10.9 Å². The Bertz CT molecular complexity index is 1350. The van der Waals surface area contributed by atoms with Gasteiger partial charge in [-0.15, -0.1) is 0 Å². The van der Waals surface area contributed by atoms with Gasteiger partial charge < -0.3 is 20.3 Å². The molecule has 0 amide bonds. The minimum atomic E-state index is -3.79. The van der Waals surface area contributed by atoms with Crippen LogP contribution in [0.15, 0.2) is 90.0 Å². The summed E-state index contributed by atoms with van der Waals surface area (Å²) in [5.74, 6) is 0.737. The van der Waals surface area contributed by atoms with E-state index in [9.17, 15) is 18.6 Å². The third kappa shape index (κ3) is 6.69. The molecule has 1 heterocycles. The van der Waals surface area contributed by atoms with E-state index in [2.05, 4.69) is 15.0 Å². The number of hydrogen-bond donors (Lipinski definition) is 4. The number of nitrogens with zero attached hydrogens (tertiary/aromatic N) is 1. The molecule has 0 aliphatic heterocycles. The zero-order valence-corrected chi connectivity index (χ0v) is 19.8. The minimum absolute atomic E-state index is 0.136. The van der Waals surface area contributed by atoms with Crippen LogP contribution < -0.4 is 14.8 Å². The van der Waals surface area contributed by atoms with E-state index < -0.39 is 16.1 Å². The molecule has 4 rings (SSSR count). The predicted octanol–water partition coefficient (Wildman–Crippen LogP) is 3.31. The maximum atomic E-state index is 12.9. The van der Waals surface area contributed by atoms with Crippen LogP contribution in [-0.4, -0.2) is 49.4 Å². The van der Waals surface area contributed by atoms with Crippen molar-refractivity contribution in [2.45, 2.75) is 17.4 Å². The number of aromatic hydroxyl groups is 1. The molecule has 1 unspecified atom stereocenters. The molecule has 0 spiro atoms. The van der Waals surface area contributed by atoms with Gasteiger partial charge >= 0.3 is 0 Å². The van der Waals surface area contributed by atoms with Crippen molar-refractivity contribution in [3.63, 3.8) is 0 Å². The molecule has 8 nitrogen and oxygen atoms in total. The molecule has 0 aliphatic carbocycles. The molecule has 0 saturated heterocycles. The Kier molecular flexibility index (Phi) is 7.81. The average Bonchev–Trinajstić information content (AvgIpc) is 2.86. The molecule has 0 fully saturated rings. The molecule has 35 heavy (non-hydrogen) atoms. The van der Waals surface area contributed by atoms with E-state index in [1.165, 1.54) is 12.1 Å². The van der Waals surface area contributed by atoms with E-state index in [1.807, 2.05) is 24.3 Å². The predicted molar refractivity (Wildman–Crippen MR) is 135 cm³/mol. The minimum Gasteiger partial charge on any atom is -0.508 e. The van der Waals surface area contributed by atoms with Gasteiger partial charge in [0, 0.05) is 23.8 Å². The van der Waals surface area contributed by atoms with Crippen molar-refractivity contribution in [3.05, 3.63) is 90.6 Å². The van der Waals surface area contributed by atoms with Crippen molar-refractivity contribution in [2.24, 2.45) is 0 Å². The molecule has 0 aliphatic rings. The number of phenols is 1. The molecule has 4 N–H and O–H groups in total. The number of hydrogen-bond acceptors (Lipinski definition) is 7. The Labute approximate surface area is 204 Å².